The minimum absolute atomic E-state index is 0.128. The molecule has 0 aliphatic heterocycles. The van der Waals surface area contributed by atoms with Crippen LogP contribution in [-0.4, -0.2) is 9.78 Å². The summed E-state index contributed by atoms with van der Waals surface area (Å²) in [6.45, 7) is 0.668. The summed E-state index contributed by atoms with van der Waals surface area (Å²) in [5.41, 5.74) is 1.11. The van der Waals surface area contributed by atoms with Crippen LogP contribution < -0.4 is 10.9 Å². The lowest BCUT2D eigenvalue weighted by Crippen LogP contribution is -2.25. The lowest BCUT2D eigenvalue weighted by atomic mass is 10.3. The largest absolute Gasteiger partial charge is 0.375 e. The van der Waals surface area contributed by atoms with E-state index in [4.69, 9.17) is 18.0 Å². The molecule has 0 aromatic carbocycles. The first-order valence-corrected chi connectivity index (χ1v) is 6.48. The molecule has 2 rings (SSSR count). The van der Waals surface area contributed by atoms with E-state index in [0.717, 1.165) is 5.56 Å². The summed E-state index contributed by atoms with van der Waals surface area (Å²) in [6.07, 6.45) is 6.58. The molecule has 2 aromatic rings. The van der Waals surface area contributed by atoms with E-state index in [0.29, 0.717) is 17.3 Å². The Bertz CT molecular complexity index is 628. The molecule has 0 saturated carbocycles. The Balaban J connectivity index is 2.24. The van der Waals surface area contributed by atoms with Crippen molar-refractivity contribution in [2.75, 3.05) is 5.32 Å². The van der Waals surface area contributed by atoms with Gasteiger partial charge in [0.05, 0.1) is 11.2 Å². The highest BCUT2D eigenvalue weighted by Gasteiger charge is 2.09. The van der Waals surface area contributed by atoms with Crippen LogP contribution in [0, 0.1) is 12.3 Å². The normalized spacial score (nSPS) is 10.0. The maximum atomic E-state index is 12.0. The van der Waals surface area contributed by atoms with E-state index in [1.807, 2.05) is 16.8 Å². The van der Waals surface area contributed by atoms with Gasteiger partial charge in [-0.15, -0.1) is 6.42 Å². The molecule has 4 nitrogen and oxygen atoms in total. The van der Waals surface area contributed by atoms with Crippen molar-refractivity contribution < 1.29 is 0 Å². The number of nitrogens with one attached hydrogen (secondary N) is 1. The summed E-state index contributed by atoms with van der Waals surface area (Å²) >= 11 is 7.55. The van der Waals surface area contributed by atoms with Crippen molar-refractivity contribution in [3.63, 3.8) is 0 Å². The van der Waals surface area contributed by atoms with E-state index >= 15 is 0 Å². The van der Waals surface area contributed by atoms with E-state index in [9.17, 15) is 4.79 Å². The SMILES string of the molecule is C#CCn1ncc(Cl)c(NCc2ccsc2)c1=O. The Kier molecular flexibility index (Phi) is 4.03. The van der Waals surface area contributed by atoms with Gasteiger partial charge in [-0.25, -0.2) is 4.68 Å². The average Bonchev–Trinajstić information content (AvgIpc) is 2.86. The third-order valence-corrected chi connectivity index (χ3v) is 3.31. The van der Waals surface area contributed by atoms with E-state index in [1.54, 1.807) is 11.3 Å². The number of aromatic nitrogens is 2. The maximum absolute atomic E-state index is 12.0. The van der Waals surface area contributed by atoms with Gasteiger partial charge in [0, 0.05) is 6.54 Å². The van der Waals surface area contributed by atoms with Crippen molar-refractivity contribution >= 4 is 28.6 Å². The molecule has 0 atom stereocenters. The molecule has 2 aromatic heterocycles. The molecule has 0 fully saturated rings. The fourth-order valence-corrected chi connectivity index (χ4v) is 2.27. The molecule has 0 aliphatic rings. The van der Waals surface area contributed by atoms with Crippen molar-refractivity contribution in [3.05, 3.63) is 44.0 Å². The van der Waals surface area contributed by atoms with Crippen LogP contribution in [0.5, 0.6) is 0 Å². The smallest absolute Gasteiger partial charge is 0.292 e. The van der Waals surface area contributed by atoms with Crippen LogP contribution in [0.4, 0.5) is 5.69 Å². The lowest BCUT2D eigenvalue weighted by molar-refractivity contribution is 0.664. The van der Waals surface area contributed by atoms with Crippen molar-refractivity contribution in [2.24, 2.45) is 0 Å². The topological polar surface area (TPSA) is 46.9 Å². The summed E-state index contributed by atoms with van der Waals surface area (Å²) in [7, 11) is 0. The van der Waals surface area contributed by atoms with Crippen LogP contribution in [-0.2, 0) is 13.1 Å². The van der Waals surface area contributed by atoms with Gasteiger partial charge in [0.1, 0.15) is 12.2 Å². The molecule has 2 heterocycles. The van der Waals surface area contributed by atoms with Gasteiger partial charge in [-0.3, -0.25) is 4.79 Å². The van der Waals surface area contributed by atoms with Gasteiger partial charge < -0.3 is 5.32 Å². The number of hydrogen-bond acceptors (Lipinski definition) is 4. The highest BCUT2D eigenvalue weighted by molar-refractivity contribution is 7.07. The zero-order chi connectivity index (χ0) is 13.0. The highest BCUT2D eigenvalue weighted by Crippen LogP contribution is 2.16. The third-order valence-electron chi connectivity index (χ3n) is 2.29. The van der Waals surface area contributed by atoms with Gasteiger partial charge in [-0.05, 0) is 22.4 Å². The molecule has 0 bridgehead atoms. The van der Waals surface area contributed by atoms with Crippen LogP contribution in [0.2, 0.25) is 5.02 Å². The molecule has 92 valence electrons. The number of terminal acetylenes is 1. The molecular formula is C12H10ClN3OS. The van der Waals surface area contributed by atoms with Crippen molar-refractivity contribution in [1.82, 2.24) is 9.78 Å². The summed E-state index contributed by atoms with van der Waals surface area (Å²) in [5, 5.41) is 11.2. The first-order valence-electron chi connectivity index (χ1n) is 5.16. The fourth-order valence-electron chi connectivity index (χ4n) is 1.41. The molecule has 0 unspecified atom stereocenters. The summed E-state index contributed by atoms with van der Waals surface area (Å²) in [5.74, 6) is 2.37. The van der Waals surface area contributed by atoms with Crippen molar-refractivity contribution in [3.8, 4) is 12.3 Å². The number of halogens is 1. The van der Waals surface area contributed by atoms with Gasteiger partial charge >= 0.3 is 0 Å². The van der Waals surface area contributed by atoms with Gasteiger partial charge in [-0.1, -0.05) is 17.5 Å². The van der Waals surface area contributed by atoms with E-state index < -0.39 is 0 Å². The average molecular weight is 280 g/mol. The number of rotatable bonds is 4. The molecule has 18 heavy (non-hydrogen) atoms. The summed E-state index contributed by atoms with van der Waals surface area (Å²) in [4.78, 5) is 12.0. The van der Waals surface area contributed by atoms with E-state index in [1.165, 1.54) is 10.9 Å². The molecule has 1 N–H and O–H groups in total. The Morgan fingerprint density at radius 2 is 2.44 bits per heavy atom. The second kappa shape index (κ2) is 5.71. The monoisotopic (exact) mass is 279 g/mol. The molecule has 0 aliphatic carbocycles. The number of thiophene rings is 1. The van der Waals surface area contributed by atoms with E-state index in [2.05, 4.69) is 16.3 Å². The summed E-state index contributed by atoms with van der Waals surface area (Å²) in [6, 6.07) is 1.98. The third kappa shape index (κ3) is 2.73. The predicted octanol–water partition coefficient (Wildman–Crippen LogP) is 2.20. The Morgan fingerprint density at radius 3 is 3.11 bits per heavy atom. The van der Waals surface area contributed by atoms with Gasteiger partial charge in [-0.2, -0.15) is 16.4 Å². The molecule has 0 radical (unpaired) electrons. The summed E-state index contributed by atoms with van der Waals surface area (Å²) < 4.78 is 1.20. The molecule has 0 spiro atoms. The molecular weight excluding hydrogens is 270 g/mol. The Labute approximate surface area is 113 Å². The number of hydrogen-bond donors (Lipinski definition) is 1. The molecule has 0 amide bonds. The van der Waals surface area contributed by atoms with Crippen LogP contribution in [0.3, 0.4) is 0 Å². The van der Waals surface area contributed by atoms with Crippen LogP contribution in [0.25, 0.3) is 0 Å². The van der Waals surface area contributed by atoms with Crippen LogP contribution in [0.1, 0.15) is 5.56 Å². The zero-order valence-electron chi connectivity index (χ0n) is 9.39. The van der Waals surface area contributed by atoms with Gasteiger partial charge in [0.2, 0.25) is 0 Å². The molecule has 0 saturated heterocycles. The van der Waals surface area contributed by atoms with E-state index in [-0.39, 0.29) is 12.1 Å². The predicted molar refractivity (Wildman–Crippen MR) is 74.0 cm³/mol. The minimum Gasteiger partial charge on any atom is -0.375 e. The second-order valence-corrected chi connectivity index (χ2v) is 4.71. The van der Waals surface area contributed by atoms with Gasteiger partial charge in [0.15, 0.2) is 0 Å². The lowest BCUT2D eigenvalue weighted by Gasteiger charge is -2.08. The van der Waals surface area contributed by atoms with Crippen molar-refractivity contribution in [1.29, 1.82) is 0 Å². The first kappa shape index (κ1) is 12.7. The second-order valence-electron chi connectivity index (χ2n) is 3.52. The fraction of sp³-hybridized carbons (Fsp3) is 0.167. The minimum atomic E-state index is -0.310. The Morgan fingerprint density at radius 1 is 1.61 bits per heavy atom. The molecule has 6 heteroatoms. The van der Waals surface area contributed by atoms with Crippen LogP contribution in [0.15, 0.2) is 27.8 Å². The number of anilines is 1. The quantitative estimate of drug-likeness (QED) is 0.873. The Hall–Kier alpha value is -1.77. The standard InChI is InChI=1S/C12H10ClN3OS/c1-2-4-16-12(17)11(10(13)7-15-16)14-6-9-3-5-18-8-9/h1,3,5,7-8,14H,4,6H2. The van der Waals surface area contributed by atoms with Gasteiger partial charge in [0.25, 0.3) is 5.56 Å². The maximum Gasteiger partial charge on any atom is 0.292 e. The highest BCUT2D eigenvalue weighted by atomic mass is 35.5. The number of nitrogens with zero attached hydrogens (tertiary/aromatic N) is 2. The van der Waals surface area contributed by atoms with Crippen LogP contribution >= 0.6 is 22.9 Å². The zero-order valence-corrected chi connectivity index (χ0v) is 11.0. The first-order chi connectivity index (χ1) is 8.72. The van der Waals surface area contributed by atoms with Crippen molar-refractivity contribution in [2.45, 2.75) is 13.1 Å².